The number of rotatable bonds is 3. The third-order valence-electron chi connectivity index (χ3n) is 4.66. The Morgan fingerprint density at radius 2 is 1.54 bits per heavy atom. The molecule has 1 aliphatic heterocycles. The SMILES string of the molecule is CC(=O)N1CCN(C(=O)c2ccc(C(=O)Nc3cccc(C#N)c3)cc2)CC1. The molecule has 0 saturated carbocycles. The first-order valence-corrected chi connectivity index (χ1v) is 8.94. The molecule has 1 saturated heterocycles. The molecule has 0 radical (unpaired) electrons. The summed E-state index contributed by atoms with van der Waals surface area (Å²) < 4.78 is 0. The molecule has 0 spiro atoms. The summed E-state index contributed by atoms with van der Waals surface area (Å²) >= 11 is 0. The predicted molar refractivity (Wildman–Crippen MR) is 104 cm³/mol. The quantitative estimate of drug-likeness (QED) is 0.888. The van der Waals surface area contributed by atoms with E-state index in [-0.39, 0.29) is 17.7 Å². The molecule has 3 amide bonds. The summed E-state index contributed by atoms with van der Waals surface area (Å²) in [5.74, 6) is -0.413. The second kappa shape index (κ2) is 8.35. The Morgan fingerprint density at radius 3 is 2.14 bits per heavy atom. The zero-order chi connectivity index (χ0) is 20.1. The smallest absolute Gasteiger partial charge is 0.255 e. The van der Waals surface area contributed by atoms with Gasteiger partial charge in [0.15, 0.2) is 0 Å². The van der Waals surface area contributed by atoms with Crippen LogP contribution in [-0.4, -0.2) is 53.7 Å². The topological polar surface area (TPSA) is 93.5 Å². The first-order chi connectivity index (χ1) is 13.5. The molecule has 2 aromatic rings. The van der Waals surface area contributed by atoms with Crippen LogP contribution in [0.1, 0.15) is 33.2 Å². The summed E-state index contributed by atoms with van der Waals surface area (Å²) in [6, 6.07) is 15.1. The van der Waals surface area contributed by atoms with Crippen LogP contribution in [0.3, 0.4) is 0 Å². The highest BCUT2D eigenvalue weighted by Gasteiger charge is 2.23. The molecule has 1 heterocycles. The van der Waals surface area contributed by atoms with Gasteiger partial charge in [-0.25, -0.2) is 0 Å². The Hall–Kier alpha value is -3.66. The van der Waals surface area contributed by atoms with Crippen molar-refractivity contribution >= 4 is 23.4 Å². The lowest BCUT2D eigenvalue weighted by atomic mass is 10.1. The molecule has 7 heteroatoms. The van der Waals surface area contributed by atoms with Gasteiger partial charge < -0.3 is 15.1 Å². The summed E-state index contributed by atoms with van der Waals surface area (Å²) in [5, 5.41) is 11.7. The molecule has 1 fully saturated rings. The lowest BCUT2D eigenvalue weighted by Crippen LogP contribution is -2.50. The Balaban J connectivity index is 1.63. The van der Waals surface area contributed by atoms with Gasteiger partial charge in [-0.3, -0.25) is 14.4 Å². The van der Waals surface area contributed by atoms with Crippen molar-refractivity contribution in [2.45, 2.75) is 6.92 Å². The molecule has 0 aliphatic carbocycles. The van der Waals surface area contributed by atoms with E-state index in [1.165, 1.54) is 6.92 Å². The molecule has 1 aliphatic rings. The van der Waals surface area contributed by atoms with Crippen molar-refractivity contribution in [1.82, 2.24) is 9.80 Å². The Labute approximate surface area is 163 Å². The van der Waals surface area contributed by atoms with Crippen molar-refractivity contribution in [3.63, 3.8) is 0 Å². The van der Waals surface area contributed by atoms with Crippen molar-refractivity contribution in [2.24, 2.45) is 0 Å². The van der Waals surface area contributed by atoms with E-state index in [2.05, 4.69) is 5.32 Å². The average molecular weight is 376 g/mol. The molecule has 3 rings (SSSR count). The zero-order valence-electron chi connectivity index (χ0n) is 15.5. The van der Waals surface area contributed by atoms with Crippen molar-refractivity contribution in [3.05, 3.63) is 65.2 Å². The minimum Gasteiger partial charge on any atom is -0.339 e. The van der Waals surface area contributed by atoms with Gasteiger partial charge in [0.2, 0.25) is 5.91 Å². The summed E-state index contributed by atoms with van der Waals surface area (Å²) in [4.78, 5) is 39.8. The molecule has 2 aromatic carbocycles. The molecule has 0 unspecified atom stereocenters. The van der Waals surface area contributed by atoms with Gasteiger partial charge in [-0.15, -0.1) is 0 Å². The number of nitriles is 1. The van der Waals surface area contributed by atoms with Crippen LogP contribution in [-0.2, 0) is 4.79 Å². The predicted octanol–water partition coefficient (Wildman–Crippen LogP) is 2.11. The van der Waals surface area contributed by atoms with E-state index in [1.807, 2.05) is 6.07 Å². The maximum absolute atomic E-state index is 12.6. The van der Waals surface area contributed by atoms with E-state index in [0.29, 0.717) is 48.6 Å². The van der Waals surface area contributed by atoms with Gasteiger partial charge in [0.05, 0.1) is 11.6 Å². The summed E-state index contributed by atoms with van der Waals surface area (Å²) in [6.45, 7) is 3.58. The number of amides is 3. The minimum atomic E-state index is -0.316. The third kappa shape index (κ3) is 4.35. The van der Waals surface area contributed by atoms with Crippen LogP contribution < -0.4 is 5.32 Å². The van der Waals surface area contributed by atoms with Gasteiger partial charge in [-0.2, -0.15) is 5.26 Å². The van der Waals surface area contributed by atoms with Crippen molar-refractivity contribution in [3.8, 4) is 6.07 Å². The minimum absolute atomic E-state index is 0.0165. The number of hydrogen-bond donors (Lipinski definition) is 1. The number of carbonyl (C=O) groups is 3. The largest absolute Gasteiger partial charge is 0.339 e. The summed E-state index contributed by atoms with van der Waals surface area (Å²) in [7, 11) is 0. The first-order valence-electron chi connectivity index (χ1n) is 8.94. The molecule has 0 aromatic heterocycles. The number of piperazine rings is 1. The van der Waals surface area contributed by atoms with Crippen LogP contribution in [0.15, 0.2) is 48.5 Å². The summed E-state index contributed by atoms with van der Waals surface area (Å²) in [6.07, 6.45) is 0. The van der Waals surface area contributed by atoms with Crippen molar-refractivity contribution < 1.29 is 14.4 Å². The van der Waals surface area contributed by atoms with E-state index in [4.69, 9.17) is 5.26 Å². The van der Waals surface area contributed by atoms with Crippen LogP contribution in [0.25, 0.3) is 0 Å². The molecule has 142 valence electrons. The maximum atomic E-state index is 12.6. The van der Waals surface area contributed by atoms with Crippen molar-refractivity contribution in [1.29, 1.82) is 5.26 Å². The molecule has 7 nitrogen and oxygen atoms in total. The van der Waals surface area contributed by atoms with Gasteiger partial charge in [0, 0.05) is 49.9 Å². The maximum Gasteiger partial charge on any atom is 0.255 e. The van der Waals surface area contributed by atoms with Crippen LogP contribution in [0.4, 0.5) is 5.69 Å². The molecule has 1 N–H and O–H groups in total. The Bertz CT molecular complexity index is 939. The highest BCUT2D eigenvalue weighted by Crippen LogP contribution is 2.14. The zero-order valence-corrected chi connectivity index (χ0v) is 15.5. The lowest BCUT2D eigenvalue weighted by molar-refractivity contribution is -0.130. The molecule has 28 heavy (non-hydrogen) atoms. The van der Waals surface area contributed by atoms with Gasteiger partial charge in [0.1, 0.15) is 0 Å². The summed E-state index contributed by atoms with van der Waals surface area (Å²) in [5.41, 5.74) is 1.91. The number of nitrogens with one attached hydrogen (secondary N) is 1. The van der Waals surface area contributed by atoms with E-state index in [9.17, 15) is 14.4 Å². The standard InChI is InChI=1S/C21H20N4O3/c1-15(26)24-9-11-25(12-10-24)21(28)18-7-5-17(6-8-18)20(27)23-19-4-2-3-16(13-19)14-22/h2-8,13H,9-12H2,1H3,(H,23,27). The van der Waals surface area contributed by atoms with Crippen LogP contribution >= 0.6 is 0 Å². The Kier molecular flexibility index (Phi) is 5.70. The van der Waals surface area contributed by atoms with Crippen LogP contribution in [0.2, 0.25) is 0 Å². The highest BCUT2D eigenvalue weighted by molar-refractivity contribution is 6.05. The van der Waals surface area contributed by atoms with E-state index in [0.717, 1.165) is 0 Å². The van der Waals surface area contributed by atoms with Crippen molar-refractivity contribution in [2.75, 3.05) is 31.5 Å². The van der Waals surface area contributed by atoms with E-state index < -0.39 is 0 Å². The second-order valence-electron chi connectivity index (χ2n) is 6.52. The molecule has 0 atom stereocenters. The second-order valence-corrected chi connectivity index (χ2v) is 6.52. The van der Waals surface area contributed by atoms with E-state index >= 15 is 0 Å². The average Bonchev–Trinajstić information content (AvgIpc) is 2.73. The molecular formula is C21H20N4O3. The molecule has 0 bridgehead atoms. The number of carbonyl (C=O) groups excluding carboxylic acids is 3. The van der Waals surface area contributed by atoms with Gasteiger partial charge in [-0.1, -0.05) is 6.07 Å². The monoisotopic (exact) mass is 376 g/mol. The number of hydrogen-bond acceptors (Lipinski definition) is 4. The fourth-order valence-electron chi connectivity index (χ4n) is 3.04. The first kappa shape index (κ1) is 19.1. The lowest BCUT2D eigenvalue weighted by Gasteiger charge is -2.34. The van der Waals surface area contributed by atoms with Crippen LogP contribution in [0.5, 0.6) is 0 Å². The fourth-order valence-corrected chi connectivity index (χ4v) is 3.04. The fraction of sp³-hybridized carbons (Fsp3) is 0.238. The highest BCUT2D eigenvalue weighted by atomic mass is 16.2. The number of benzene rings is 2. The normalized spacial score (nSPS) is 13.6. The number of anilines is 1. The van der Waals surface area contributed by atoms with Crippen LogP contribution in [0, 0.1) is 11.3 Å². The van der Waals surface area contributed by atoms with Gasteiger partial charge in [0.25, 0.3) is 11.8 Å². The Morgan fingerprint density at radius 1 is 0.929 bits per heavy atom. The van der Waals surface area contributed by atoms with E-state index in [1.54, 1.807) is 58.3 Å². The number of nitrogens with zero attached hydrogens (tertiary/aromatic N) is 3. The van der Waals surface area contributed by atoms with Gasteiger partial charge in [-0.05, 0) is 42.5 Å². The third-order valence-corrected chi connectivity index (χ3v) is 4.66. The van der Waals surface area contributed by atoms with Gasteiger partial charge >= 0.3 is 0 Å². The molecular weight excluding hydrogens is 356 g/mol.